The van der Waals surface area contributed by atoms with Crippen LogP contribution in [-0.2, 0) is 5.41 Å². The normalized spacial score (nSPS) is 28.0. The second-order valence-corrected chi connectivity index (χ2v) is 6.27. The van der Waals surface area contributed by atoms with Crippen LogP contribution in [0, 0.1) is 0 Å². The van der Waals surface area contributed by atoms with Crippen LogP contribution >= 0.6 is 0 Å². The predicted octanol–water partition coefficient (Wildman–Crippen LogP) is 2.03. The summed E-state index contributed by atoms with van der Waals surface area (Å²) in [5.41, 5.74) is 4.17. The van der Waals surface area contributed by atoms with Gasteiger partial charge in [-0.1, -0.05) is 12.1 Å². The van der Waals surface area contributed by atoms with Crippen molar-refractivity contribution >= 4 is 5.69 Å². The Morgan fingerprint density at radius 1 is 1.33 bits per heavy atom. The fourth-order valence-electron chi connectivity index (χ4n) is 4.39. The van der Waals surface area contributed by atoms with Crippen molar-refractivity contribution in [2.45, 2.75) is 31.3 Å². The zero-order chi connectivity index (χ0) is 14.6. The molecule has 1 aromatic carbocycles. The number of rotatable bonds is 2. The Kier molecular flexibility index (Phi) is 2.63. The maximum Gasteiger partial charge on any atom is 0.0914 e. The summed E-state index contributed by atoms with van der Waals surface area (Å²) >= 11 is 0. The molecule has 0 radical (unpaired) electrons. The summed E-state index contributed by atoms with van der Waals surface area (Å²) in [6.45, 7) is 3.48. The van der Waals surface area contributed by atoms with Gasteiger partial charge in [0.2, 0.25) is 0 Å². The lowest BCUT2D eigenvalue weighted by Crippen LogP contribution is -2.46. The highest BCUT2D eigenvalue weighted by Crippen LogP contribution is 2.53. The van der Waals surface area contributed by atoms with Gasteiger partial charge in [-0.2, -0.15) is 0 Å². The first-order valence-electron chi connectivity index (χ1n) is 7.61. The van der Waals surface area contributed by atoms with Crippen molar-refractivity contribution in [1.29, 1.82) is 0 Å². The van der Waals surface area contributed by atoms with Gasteiger partial charge in [-0.3, -0.25) is 4.90 Å². The second kappa shape index (κ2) is 4.31. The van der Waals surface area contributed by atoms with Crippen molar-refractivity contribution in [3.8, 4) is 5.69 Å². The Hall–Kier alpha value is -1.88. The molecule has 2 aromatic rings. The molecule has 5 nitrogen and oxygen atoms in total. The van der Waals surface area contributed by atoms with Gasteiger partial charge in [-0.15, -0.1) is 5.10 Å². The highest BCUT2D eigenvalue weighted by atomic mass is 15.4. The van der Waals surface area contributed by atoms with Gasteiger partial charge in [0.25, 0.3) is 0 Å². The van der Waals surface area contributed by atoms with Crippen LogP contribution in [-0.4, -0.2) is 46.7 Å². The molecular formula is C16H21N5. The molecule has 0 bridgehead atoms. The largest absolute Gasteiger partial charge is 0.358 e. The van der Waals surface area contributed by atoms with Crippen LogP contribution in [0.25, 0.3) is 5.69 Å². The molecule has 0 saturated carbocycles. The Morgan fingerprint density at radius 2 is 2.19 bits per heavy atom. The Labute approximate surface area is 125 Å². The summed E-state index contributed by atoms with van der Waals surface area (Å²) in [7, 11) is 4.46. The topological polar surface area (TPSA) is 37.2 Å². The number of benzene rings is 1. The van der Waals surface area contributed by atoms with Crippen LogP contribution in [0.15, 0.2) is 30.6 Å². The van der Waals surface area contributed by atoms with E-state index >= 15 is 0 Å². The Bertz CT molecular complexity index is 665. The maximum absolute atomic E-state index is 4.12. The van der Waals surface area contributed by atoms with Crippen LogP contribution in [0.4, 0.5) is 5.69 Å². The van der Waals surface area contributed by atoms with E-state index in [1.54, 1.807) is 6.20 Å². The van der Waals surface area contributed by atoms with Gasteiger partial charge in [-0.05, 0) is 43.7 Å². The molecule has 2 atom stereocenters. The van der Waals surface area contributed by atoms with Crippen LogP contribution in [0.2, 0.25) is 0 Å². The number of fused-ring (bicyclic) bond motifs is 3. The van der Waals surface area contributed by atoms with Crippen LogP contribution in [0.5, 0.6) is 0 Å². The minimum Gasteiger partial charge on any atom is -0.358 e. The summed E-state index contributed by atoms with van der Waals surface area (Å²) in [5.74, 6) is 0. The third kappa shape index (κ3) is 1.55. The number of hydrogen-bond acceptors (Lipinski definition) is 4. The van der Waals surface area contributed by atoms with Gasteiger partial charge >= 0.3 is 0 Å². The average molecular weight is 283 g/mol. The number of anilines is 1. The quantitative estimate of drug-likeness (QED) is 0.845. The van der Waals surface area contributed by atoms with Crippen molar-refractivity contribution in [2.75, 3.05) is 25.5 Å². The lowest BCUT2D eigenvalue weighted by molar-refractivity contribution is 0.252. The van der Waals surface area contributed by atoms with E-state index < -0.39 is 0 Å². The lowest BCUT2D eigenvalue weighted by atomic mass is 9.77. The third-order valence-electron chi connectivity index (χ3n) is 5.40. The van der Waals surface area contributed by atoms with E-state index in [0.29, 0.717) is 6.17 Å². The summed E-state index contributed by atoms with van der Waals surface area (Å²) in [5, 5.41) is 8.04. The molecule has 0 aliphatic carbocycles. The molecular weight excluding hydrogens is 262 g/mol. The standard InChI is InChI=1S/C16H21N5/c1-4-16-7-9-19(2)15(16)20(3)14-6-5-12(11-13(14)16)21-10-8-17-18-21/h5-6,8,10-11,15H,4,7,9H2,1-3H3/t15-,16+/m1/s1. The zero-order valence-electron chi connectivity index (χ0n) is 12.8. The minimum absolute atomic E-state index is 0.245. The van der Waals surface area contributed by atoms with Gasteiger partial charge in [0, 0.05) is 24.7 Å². The Balaban J connectivity index is 1.89. The molecule has 110 valence electrons. The minimum atomic E-state index is 0.245. The maximum atomic E-state index is 4.12. The van der Waals surface area contributed by atoms with Gasteiger partial charge in [0.1, 0.15) is 0 Å². The lowest BCUT2D eigenvalue weighted by Gasteiger charge is -2.34. The second-order valence-electron chi connectivity index (χ2n) is 6.27. The molecule has 4 rings (SSSR count). The van der Waals surface area contributed by atoms with Crippen molar-refractivity contribution in [3.63, 3.8) is 0 Å². The summed E-state index contributed by atoms with van der Waals surface area (Å²) in [4.78, 5) is 4.93. The van der Waals surface area contributed by atoms with Gasteiger partial charge in [-0.25, -0.2) is 4.68 Å². The van der Waals surface area contributed by atoms with E-state index in [0.717, 1.165) is 12.2 Å². The summed E-state index contributed by atoms with van der Waals surface area (Å²) in [6.07, 6.45) is 6.49. The summed E-state index contributed by atoms with van der Waals surface area (Å²) < 4.78 is 1.84. The molecule has 1 aromatic heterocycles. The molecule has 5 heteroatoms. The zero-order valence-corrected chi connectivity index (χ0v) is 12.8. The van der Waals surface area contributed by atoms with E-state index in [1.807, 2.05) is 10.9 Å². The number of likely N-dealkylation sites (N-methyl/N-ethyl adjacent to an activating group) is 2. The molecule has 3 heterocycles. The molecule has 2 aliphatic heterocycles. The average Bonchev–Trinajstić information content (AvgIpc) is 3.18. The first-order valence-corrected chi connectivity index (χ1v) is 7.61. The first kappa shape index (κ1) is 12.8. The van der Waals surface area contributed by atoms with Crippen molar-refractivity contribution in [2.24, 2.45) is 0 Å². The van der Waals surface area contributed by atoms with E-state index in [9.17, 15) is 0 Å². The summed E-state index contributed by atoms with van der Waals surface area (Å²) in [6, 6.07) is 6.67. The molecule has 0 amide bonds. The molecule has 1 saturated heterocycles. The molecule has 0 spiro atoms. The van der Waals surface area contributed by atoms with Gasteiger partial charge in [0.15, 0.2) is 0 Å². The molecule has 0 N–H and O–H groups in total. The number of hydrogen-bond donors (Lipinski definition) is 0. The third-order valence-corrected chi connectivity index (χ3v) is 5.40. The number of nitrogens with zero attached hydrogens (tertiary/aromatic N) is 5. The van der Waals surface area contributed by atoms with E-state index in [-0.39, 0.29) is 5.41 Å². The monoisotopic (exact) mass is 283 g/mol. The van der Waals surface area contributed by atoms with Crippen molar-refractivity contribution < 1.29 is 0 Å². The highest BCUT2D eigenvalue weighted by molar-refractivity contribution is 5.67. The van der Waals surface area contributed by atoms with E-state index in [1.165, 1.54) is 24.1 Å². The van der Waals surface area contributed by atoms with E-state index in [4.69, 9.17) is 0 Å². The number of likely N-dealkylation sites (tertiary alicyclic amines) is 1. The van der Waals surface area contributed by atoms with Crippen LogP contribution < -0.4 is 4.90 Å². The molecule has 0 unspecified atom stereocenters. The van der Waals surface area contributed by atoms with Crippen LogP contribution in [0.1, 0.15) is 25.3 Å². The fourth-order valence-corrected chi connectivity index (χ4v) is 4.39. The first-order chi connectivity index (χ1) is 10.2. The highest BCUT2D eigenvalue weighted by Gasteiger charge is 2.54. The predicted molar refractivity (Wildman–Crippen MR) is 82.8 cm³/mol. The molecule has 21 heavy (non-hydrogen) atoms. The van der Waals surface area contributed by atoms with Gasteiger partial charge in [0.05, 0.1) is 24.2 Å². The van der Waals surface area contributed by atoms with Crippen LogP contribution in [0.3, 0.4) is 0 Å². The van der Waals surface area contributed by atoms with Crippen molar-refractivity contribution in [3.05, 3.63) is 36.2 Å². The number of aromatic nitrogens is 3. The van der Waals surface area contributed by atoms with Crippen molar-refractivity contribution in [1.82, 2.24) is 19.9 Å². The smallest absolute Gasteiger partial charge is 0.0914 e. The SMILES string of the molecule is CC[C@@]12CCN(C)[C@@H]1N(C)c1ccc(-n3ccnn3)cc12. The Morgan fingerprint density at radius 3 is 2.90 bits per heavy atom. The molecule has 1 fully saturated rings. The molecule has 2 aliphatic rings. The fraction of sp³-hybridized carbons (Fsp3) is 0.500. The van der Waals surface area contributed by atoms with Gasteiger partial charge < -0.3 is 4.90 Å². The van der Waals surface area contributed by atoms with E-state index in [2.05, 4.69) is 59.3 Å².